The van der Waals surface area contributed by atoms with Gasteiger partial charge in [-0.05, 0) is 64.8 Å². The van der Waals surface area contributed by atoms with Crippen LogP contribution in [0.5, 0.6) is 11.5 Å². The van der Waals surface area contributed by atoms with E-state index in [1.807, 2.05) is 45.9 Å². The van der Waals surface area contributed by atoms with E-state index < -0.39 is 0 Å². The molecule has 1 rings (SSSR count). The predicted molar refractivity (Wildman–Crippen MR) is 113 cm³/mol. The van der Waals surface area contributed by atoms with Crippen LogP contribution in [0.25, 0.3) is 0 Å². The highest BCUT2D eigenvalue weighted by molar-refractivity contribution is 5.78. The zero-order chi connectivity index (χ0) is 20.8. The van der Waals surface area contributed by atoms with Gasteiger partial charge in [0.1, 0.15) is 0 Å². The number of hydrogen-bond donors (Lipinski definition) is 2. The number of nitrogens with one attached hydrogen (secondary N) is 2. The molecular formula is C22H38N2O4. The first-order chi connectivity index (χ1) is 13.4. The fourth-order valence-corrected chi connectivity index (χ4v) is 2.53. The van der Waals surface area contributed by atoms with Crippen molar-refractivity contribution in [1.82, 2.24) is 10.6 Å². The van der Waals surface area contributed by atoms with Gasteiger partial charge in [-0.25, -0.2) is 0 Å². The van der Waals surface area contributed by atoms with Crippen LogP contribution in [-0.4, -0.2) is 44.4 Å². The zero-order valence-corrected chi connectivity index (χ0v) is 18.2. The molecule has 0 bridgehead atoms. The molecule has 1 amide bonds. The molecule has 0 heterocycles. The van der Waals surface area contributed by atoms with Crippen LogP contribution in [0.3, 0.4) is 0 Å². The summed E-state index contributed by atoms with van der Waals surface area (Å²) in [6.07, 6.45) is 3.29. The van der Waals surface area contributed by atoms with Crippen molar-refractivity contribution < 1.29 is 19.0 Å². The minimum atomic E-state index is -0.278. The summed E-state index contributed by atoms with van der Waals surface area (Å²) >= 11 is 0. The maximum atomic E-state index is 12.0. The lowest BCUT2D eigenvalue weighted by molar-refractivity contribution is -0.124. The third-order valence-corrected chi connectivity index (χ3v) is 3.79. The lowest BCUT2D eigenvalue weighted by Gasteiger charge is -2.21. The van der Waals surface area contributed by atoms with Crippen LogP contribution in [0.1, 0.15) is 59.4 Å². The van der Waals surface area contributed by atoms with Crippen molar-refractivity contribution in [3.63, 3.8) is 0 Å². The summed E-state index contributed by atoms with van der Waals surface area (Å²) in [7, 11) is 0. The Morgan fingerprint density at radius 2 is 1.79 bits per heavy atom. The molecule has 0 atom stereocenters. The molecule has 1 aromatic rings. The second-order valence-electron chi connectivity index (χ2n) is 7.80. The van der Waals surface area contributed by atoms with E-state index in [1.54, 1.807) is 0 Å². The Labute approximate surface area is 170 Å². The summed E-state index contributed by atoms with van der Waals surface area (Å²) in [5, 5.41) is 6.30. The Bertz CT molecular complexity index is 570. The van der Waals surface area contributed by atoms with E-state index in [0.29, 0.717) is 18.1 Å². The van der Waals surface area contributed by atoms with Gasteiger partial charge < -0.3 is 24.8 Å². The number of rotatable bonds is 14. The third kappa shape index (κ3) is 11.1. The van der Waals surface area contributed by atoms with E-state index in [1.165, 1.54) is 6.42 Å². The molecule has 1 aromatic carbocycles. The molecule has 0 saturated heterocycles. The van der Waals surface area contributed by atoms with Gasteiger partial charge in [0, 0.05) is 25.3 Å². The molecule has 160 valence electrons. The van der Waals surface area contributed by atoms with Crippen LogP contribution in [0.15, 0.2) is 18.2 Å². The number of hydrogen-bond acceptors (Lipinski definition) is 5. The number of carbonyl (C=O) groups is 1. The molecule has 6 nitrogen and oxygen atoms in total. The largest absolute Gasteiger partial charge is 0.490 e. The van der Waals surface area contributed by atoms with Crippen molar-refractivity contribution in [3.8, 4) is 11.5 Å². The maximum Gasteiger partial charge on any atom is 0.258 e. The molecule has 28 heavy (non-hydrogen) atoms. The fraction of sp³-hybridized carbons (Fsp3) is 0.682. The van der Waals surface area contributed by atoms with Crippen LogP contribution in [0.4, 0.5) is 0 Å². The molecule has 0 fully saturated rings. The summed E-state index contributed by atoms with van der Waals surface area (Å²) in [4.78, 5) is 12.0. The summed E-state index contributed by atoms with van der Waals surface area (Å²) in [5.41, 5.74) is 0.835. The Morgan fingerprint density at radius 1 is 1.04 bits per heavy atom. The van der Waals surface area contributed by atoms with Gasteiger partial charge in [0.05, 0.1) is 6.61 Å². The van der Waals surface area contributed by atoms with Crippen molar-refractivity contribution >= 4 is 5.91 Å². The lowest BCUT2D eigenvalue weighted by atomic mass is 10.1. The highest BCUT2D eigenvalue weighted by atomic mass is 16.5. The molecule has 0 aliphatic heterocycles. The van der Waals surface area contributed by atoms with Crippen LogP contribution >= 0.6 is 0 Å². The van der Waals surface area contributed by atoms with Crippen LogP contribution in [0.2, 0.25) is 0 Å². The second kappa shape index (κ2) is 13.4. The first-order valence-electron chi connectivity index (χ1n) is 10.3. The number of unbranched alkanes of at least 4 members (excludes halogenated alkanes) is 1. The first kappa shape index (κ1) is 24.2. The van der Waals surface area contributed by atoms with Gasteiger partial charge >= 0.3 is 0 Å². The van der Waals surface area contributed by atoms with E-state index in [-0.39, 0.29) is 18.1 Å². The van der Waals surface area contributed by atoms with Crippen LogP contribution < -0.4 is 20.1 Å². The molecule has 0 spiro atoms. The second-order valence-corrected chi connectivity index (χ2v) is 7.80. The minimum Gasteiger partial charge on any atom is -0.490 e. The molecule has 6 heteroatoms. The van der Waals surface area contributed by atoms with Gasteiger partial charge in [0.25, 0.3) is 5.91 Å². The lowest BCUT2D eigenvalue weighted by Crippen LogP contribution is -2.43. The number of carbonyl (C=O) groups excluding carboxylic acids is 1. The van der Waals surface area contributed by atoms with E-state index in [9.17, 15) is 4.79 Å². The van der Waals surface area contributed by atoms with Gasteiger partial charge in [-0.15, -0.1) is 0 Å². The maximum absolute atomic E-state index is 12.0. The summed E-state index contributed by atoms with van der Waals surface area (Å²) in [6.45, 7) is 13.7. The summed E-state index contributed by atoms with van der Waals surface area (Å²) in [5.74, 6) is 1.09. The Morgan fingerprint density at radius 3 is 2.46 bits per heavy atom. The van der Waals surface area contributed by atoms with Gasteiger partial charge in [-0.1, -0.05) is 19.4 Å². The Balaban J connectivity index is 2.45. The van der Waals surface area contributed by atoms with Gasteiger partial charge in [0.15, 0.2) is 18.1 Å². The molecule has 0 saturated carbocycles. The van der Waals surface area contributed by atoms with Crippen LogP contribution in [-0.2, 0) is 16.1 Å². The molecule has 0 aromatic heterocycles. The third-order valence-electron chi connectivity index (χ3n) is 3.79. The van der Waals surface area contributed by atoms with E-state index >= 15 is 0 Å². The Hall–Kier alpha value is -1.79. The van der Waals surface area contributed by atoms with Crippen molar-refractivity contribution in [1.29, 1.82) is 0 Å². The SMILES string of the molecule is CCCCOCCCNCc1ccc(OCC(=O)NC(C)(C)C)c(OCC)c1. The molecule has 0 unspecified atom stereocenters. The van der Waals surface area contributed by atoms with E-state index in [4.69, 9.17) is 14.2 Å². The first-order valence-corrected chi connectivity index (χ1v) is 10.3. The number of benzene rings is 1. The predicted octanol–water partition coefficient (Wildman–Crippen LogP) is 3.68. The number of amides is 1. The average Bonchev–Trinajstić information content (AvgIpc) is 2.62. The molecular weight excluding hydrogens is 356 g/mol. The molecule has 0 radical (unpaired) electrons. The summed E-state index contributed by atoms with van der Waals surface area (Å²) in [6, 6.07) is 5.82. The van der Waals surface area contributed by atoms with Crippen molar-refractivity contribution in [2.75, 3.05) is 33.0 Å². The highest BCUT2D eigenvalue weighted by Crippen LogP contribution is 2.28. The highest BCUT2D eigenvalue weighted by Gasteiger charge is 2.15. The summed E-state index contributed by atoms with van der Waals surface area (Å²) < 4.78 is 16.9. The Kier molecular flexibility index (Phi) is 11.6. The smallest absolute Gasteiger partial charge is 0.258 e. The van der Waals surface area contributed by atoms with Crippen molar-refractivity contribution in [2.24, 2.45) is 0 Å². The van der Waals surface area contributed by atoms with Gasteiger partial charge in [-0.3, -0.25) is 4.79 Å². The zero-order valence-electron chi connectivity index (χ0n) is 18.2. The number of ether oxygens (including phenoxy) is 3. The molecule has 0 aliphatic carbocycles. The van der Waals surface area contributed by atoms with Crippen molar-refractivity contribution in [2.45, 2.75) is 66.0 Å². The van der Waals surface area contributed by atoms with E-state index in [0.717, 1.165) is 44.7 Å². The minimum absolute atomic E-state index is 0.0347. The van der Waals surface area contributed by atoms with Gasteiger partial charge in [-0.2, -0.15) is 0 Å². The molecule has 0 aliphatic rings. The topological polar surface area (TPSA) is 68.8 Å². The van der Waals surface area contributed by atoms with Gasteiger partial charge in [0.2, 0.25) is 0 Å². The average molecular weight is 395 g/mol. The normalized spacial score (nSPS) is 11.3. The van der Waals surface area contributed by atoms with Crippen LogP contribution in [0, 0.1) is 0 Å². The quantitative estimate of drug-likeness (QED) is 0.471. The fourth-order valence-electron chi connectivity index (χ4n) is 2.53. The monoisotopic (exact) mass is 394 g/mol. The standard InChI is InChI=1S/C22H38N2O4/c1-6-8-13-26-14-9-12-23-16-18-10-11-19(20(15-18)27-7-2)28-17-21(25)24-22(3,4)5/h10-11,15,23H,6-9,12-14,16-17H2,1-5H3,(H,24,25). The molecule has 2 N–H and O–H groups in total. The van der Waals surface area contributed by atoms with Crippen molar-refractivity contribution in [3.05, 3.63) is 23.8 Å². The van der Waals surface area contributed by atoms with E-state index in [2.05, 4.69) is 17.6 Å².